The summed E-state index contributed by atoms with van der Waals surface area (Å²) in [5.41, 5.74) is 6.90. The van der Waals surface area contributed by atoms with E-state index in [0.29, 0.717) is 5.69 Å². The van der Waals surface area contributed by atoms with Gasteiger partial charge in [0.1, 0.15) is 12.0 Å². The zero-order valence-corrected chi connectivity index (χ0v) is 15.3. The molecule has 0 fully saturated rings. The fourth-order valence-corrected chi connectivity index (χ4v) is 2.99. The Balaban J connectivity index is 2.11. The van der Waals surface area contributed by atoms with Gasteiger partial charge in [0.15, 0.2) is 5.69 Å². The predicted molar refractivity (Wildman–Crippen MR) is 98.1 cm³/mol. The van der Waals surface area contributed by atoms with Crippen LogP contribution in [0.3, 0.4) is 0 Å². The second-order valence-electron chi connectivity index (χ2n) is 5.50. The lowest BCUT2D eigenvalue weighted by Crippen LogP contribution is -2.23. The van der Waals surface area contributed by atoms with E-state index in [1.54, 1.807) is 25.1 Å². The number of nitrogens with zero attached hydrogens (tertiary/aromatic N) is 3. The number of amides is 2. The molecule has 0 aliphatic carbocycles. The molecule has 4 N–H and O–H groups in total. The van der Waals surface area contributed by atoms with Crippen LogP contribution in [0, 0.1) is 13.8 Å². The summed E-state index contributed by atoms with van der Waals surface area (Å²) < 4.78 is 1.32. The minimum absolute atomic E-state index is 0.0980. The van der Waals surface area contributed by atoms with Crippen molar-refractivity contribution >= 4 is 41.0 Å². The largest absolute Gasteiger partial charge is 0.364 e. The molecule has 0 radical (unpaired) electrons. The average molecular weight is 393 g/mol. The number of primary amides is 1. The van der Waals surface area contributed by atoms with Crippen molar-refractivity contribution in [1.82, 2.24) is 19.5 Å². The number of aromatic amines is 1. The lowest BCUT2D eigenvalue weighted by atomic mass is 10.2. The number of hydrogen-bond donors (Lipinski definition) is 3. The SMILES string of the molecule is Cc1nc(NC(=O)c2c(C(N)=O)ncn2-c2c(Cl)cccc2Cl)[nH]c1C. The Bertz CT molecular complexity index is 984. The van der Waals surface area contributed by atoms with Gasteiger partial charge in [-0.25, -0.2) is 9.97 Å². The van der Waals surface area contributed by atoms with Crippen LogP contribution in [0.25, 0.3) is 5.69 Å². The maximum absolute atomic E-state index is 12.8. The molecule has 0 unspecified atom stereocenters. The molecule has 2 amide bonds. The number of aromatic nitrogens is 4. The van der Waals surface area contributed by atoms with Crippen molar-refractivity contribution in [3.63, 3.8) is 0 Å². The normalized spacial score (nSPS) is 10.8. The monoisotopic (exact) mass is 392 g/mol. The highest BCUT2D eigenvalue weighted by Gasteiger charge is 2.26. The van der Waals surface area contributed by atoms with Crippen LogP contribution < -0.4 is 11.1 Å². The van der Waals surface area contributed by atoms with Gasteiger partial charge in [0.05, 0.1) is 21.4 Å². The molecule has 10 heteroatoms. The van der Waals surface area contributed by atoms with Crippen molar-refractivity contribution in [1.29, 1.82) is 0 Å². The van der Waals surface area contributed by atoms with Gasteiger partial charge >= 0.3 is 0 Å². The molecule has 2 aromatic heterocycles. The zero-order valence-electron chi connectivity index (χ0n) is 13.8. The van der Waals surface area contributed by atoms with Gasteiger partial charge in [-0.2, -0.15) is 0 Å². The Kier molecular flexibility index (Phi) is 4.71. The number of carbonyl (C=O) groups is 2. The van der Waals surface area contributed by atoms with E-state index in [1.165, 1.54) is 10.9 Å². The van der Waals surface area contributed by atoms with E-state index in [0.717, 1.165) is 11.4 Å². The first kappa shape index (κ1) is 18.0. The first-order chi connectivity index (χ1) is 12.3. The summed E-state index contributed by atoms with van der Waals surface area (Å²) in [4.78, 5) is 35.6. The summed E-state index contributed by atoms with van der Waals surface area (Å²) in [7, 11) is 0. The molecular formula is C16H14Cl2N6O2. The molecule has 0 aliphatic rings. The van der Waals surface area contributed by atoms with Crippen LogP contribution in [0.1, 0.15) is 32.4 Å². The highest BCUT2D eigenvalue weighted by Crippen LogP contribution is 2.30. The molecule has 1 aromatic carbocycles. The van der Waals surface area contributed by atoms with E-state index >= 15 is 0 Å². The number of benzene rings is 1. The third-order valence-corrected chi connectivity index (χ3v) is 4.36. The fraction of sp³-hybridized carbons (Fsp3) is 0.125. The minimum atomic E-state index is -0.858. The molecule has 3 rings (SSSR count). The van der Waals surface area contributed by atoms with Crippen LogP contribution in [0.4, 0.5) is 5.95 Å². The molecule has 0 aliphatic heterocycles. The van der Waals surface area contributed by atoms with E-state index < -0.39 is 11.8 Å². The second kappa shape index (κ2) is 6.81. The number of para-hydroxylation sites is 1. The Morgan fingerprint density at radius 2 is 1.88 bits per heavy atom. The minimum Gasteiger partial charge on any atom is -0.364 e. The van der Waals surface area contributed by atoms with Crippen molar-refractivity contribution in [2.45, 2.75) is 13.8 Å². The first-order valence-electron chi connectivity index (χ1n) is 7.45. The van der Waals surface area contributed by atoms with Gasteiger partial charge < -0.3 is 10.7 Å². The van der Waals surface area contributed by atoms with E-state index in [-0.39, 0.29) is 27.4 Å². The molecule has 0 saturated heterocycles. The third-order valence-electron chi connectivity index (χ3n) is 3.75. The van der Waals surface area contributed by atoms with E-state index in [2.05, 4.69) is 20.3 Å². The van der Waals surface area contributed by atoms with E-state index in [4.69, 9.17) is 28.9 Å². The van der Waals surface area contributed by atoms with E-state index in [1.807, 2.05) is 6.92 Å². The Morgan fingerprint density at radius 3 is 2.42 bits per heavy atom. The van der Waals surface area contributed by atoms with E-state index in [9.17, 15) is 9.59 Å². The molecule has 0 spiro atoms. The number of halogens is 2. The number of hydrogen-bond acceptors (Lipinski definition) is 4. The molecule has 26 heavy (non-hydrogen) atoms. The van der Waals surface area contributed by atoms with Crippen molar-refractivity contribution in [2.75, 3.05) is 5.32 Å². The van der Waals surface area contributed by atoms with Gasteiger partial charge in [0, 0.05) is 5.69 Å². The van der Waals surface area contributed by atoms with Gasteiger partial charge in [-0.15, -0.1) is 0 Å². The summed E-state index contributed by atoms with van der Waals surface area (Å²) in [6.45, 7) is 3.62. The summed E-state index contributed by atoms with van der Waals surface area (Å²) in [6, 6.07) is 4.87. The Labute approximate surface area is 158 Å². The summed E-state index contributed by atoms with van der Waals surface area (Å²) >= 11 is 12.4. The van der Waals surface area contributed by atoms with Gasteiger partial charge in [0.2, 0.25) is 5.95 Å². The van der Waals surface area contributed by atoms with Gasteiger partial charge in [-0.3, -0.25) is 19.5 Å². The van der Waals surface area contributed by atoms with Crippen molar-refractivity contribution < 1.29 is 9.59 Å². The topological polar surface area (TPSA) is 119 Å². The number of carbonyl (C=O) groups excluding carboxylic acids is 2. The number of H-pyrrole nitrogens is 1. The van der Waals surface area contributed by atoms with Crippen LogP contribution in [-0.2, 0) is 0 Å². The number of imidazole rings is 2. The number of aryl methyl sites for hydroxylation is 2. The highest BCUT2D eigenvalue weighted by atomic mass is 35.5. The first-order valence-corrected chi connectivity index (χ1v) is 8.21. The lowest BCUT2D eigenvalue weighted by Gasteiger charge is -2.12. The summed E-state index contributed by atoms with van der Waals surface area (Å²) in [5.74, 6) is -1.26. The molecule has 0 saturated carbocycles. The number of nitrogens with one attached hydrogen (secondary N) is 2. The summed E-state index contributed by atoms with van der Waals surface area (Å²) in [6.07, 6.45) is 1.26. The number of anilines is 1. The van der Waals surface area contributed by atoms with Crippen molar-refractivity contribution in [2.24, 2.45) is 5.73 Å². The molecule has 0 atom stereocenters. The Hall–Kier alpha value is -2.84. The standard InChI is InChI=1S/C16H14Cl2N6O2/c1-7-8(2)22-16(21-7)23-15(26)13-11(14(19)25)20-6-24(13)12-9(17)4-3-5-10(12)18/h3-6H,1-2H3,(H2,19,25)(H2,21,22,23,26). The zero-order chi connectivity index (χ0) is 19.0. The quantitative estimate of drug-likeness (QED) is 0.632. The van der Waals surface area contributed by atoms with Gasteiger partial charge in [0.25, 0.3) is 11.8 Å². The van der Waals surface area contributed by atoms with Crippen molar-refractivity contribution in [3.05, 3.63) is 57.3 Å². The van der Waals surface area contributed by atoms with Crippen LogP contribution >= 0.6 is 23.2 Å². The molecule has 3 aromatic rings. The van der Waals surface area contributed by atoms with Crippen LogP contribution in [0.2, 0.25) is 10.0 Å². The molecule has 8 nitrogen and oxygen atoms in total. The van der Waals surface area contributed by atoms with Crippen LogP contribution in [-0.4, -0.2) is 31.3 Å². The smallest absolute Gasteiger partial charge is 0.277 e. The average Bonchev–Trinajstić information content (AvgIpc) is 3.11. The maximum atomic E-state index is 12.8. The Morgan fingerprint density at radius 1 is 1.23 bits per heavy atom. The molecular weight excluding hydrogens is 379 g/mol. The van der Waals surface area contributed by atoms with Gasteiger partial charge in [-0.1, -0.05) is 29.3 Å². The number of rotatable bonds is 4. The third kappa shape index (κ3) is 3.16. The summed E-state index contributed by atoms with van der Waals surface area (Å²) in [5, 5.41) is 3.15. The highest BCUT2D eigenvalue weighted by molar-refractivity contribution is 6.37. The number of nitrogens with two attached hydrogens (primary N) is 1. The lowest BCUT2D eigenvalue weighted by molar-refractivity contribution is 0.0970. The second-order valence-corrected chi connectivity index (χ2v) is 6.31. The predicted octanol–water partition coefficient (Wildman–Crippen LogP) is 2.87. The van der Waals surface area contributed by atoms with Crippen LogP contribution in [0.5, 0.6) is 0 Å². The molecule has 0 bridgehead atoms. The van der Waals surface area contributed by atoms with Gasteiger partial charge in [-0.05, 0) is 26.0 Å². The van der Waals surface area contributed by atoms with Crippen LogP contribution in [0.15, 0.2) is 24.5 Å². The molecule has 2 heterocycles. The molecule has 134 valence electrons. The fourth-order valence-electron chi connectivity index (χ4n) is 2.41. The van der Waals surface area contributed by atoms with Crippen molar-refractivity contribution in [3.8, 4) is 5.69 Å². The maximum Gasteiger partial charge on any atom is 0.277 e.